The minimum Gasteiger partial charge on any atom is -0.389 e. The molecule has 2 aliphatic heterocycles. The molecule has 8 nitrogen and oxygen atoms in total. The molecule has 37 heavy (non-hydrogen) atoms. The smallest absolute Gasteiger partial charge is 0.272 e. The predicted octanol–water partition coefficient (Wildman–Crippen LogP) is 4.73. The van der Waals surface area contributed by atoms with Crippen LogP contribution in [0, 0.1) is 0 Å². The molecule has 198 valence electrons. The molecule has 1 unspecified atom stereocenters. The number of hydrogen-bond donors (Lipinski definition) is 2. The highest BCUT2D eigenvalue weighted by molar-refractivity contribution is 6.32. The van der Waals surface area contributed by atoms with Crippen molar-refractivity contribution in [3.63, 3.8) is 0 Å². The van der Waals surface area contributed by atoms with Gasteiger partial charge in [-0.2, -0.15) is 5.10 Å². The topological polar surface area (TPSA) is 88.3 Å². The fraction of sp³-hybridized carbons (Fsp3) is 0.542. The monoisotopic (exact) mass is 556 g/mol. The Morgan fingerprint density at radius 3 is 2.70 bits per heavy atom. The maximum absolute atomic E-state index is 15.5. The van der Waals surface area contributed by atoms with Gasteiger partial charge in [0.25, 0.3) is 5.92 Å². The van der Waals surface area contributed by atoms with Crippen LogP contribution >= 0.6 is 23.2 Å². The summed E-state index contributed by atoms with van der Waals surface area (Å²) in [6.45, 7) is 3.27. The Morgan fingerprint density at radius 1 is 1.24 bits per heavy atom. The van der Waals surface area contributed by atoms with Crippen molar-refractivity contribution in [3.05, 3.63) is 40.3 Å². The number of ether oxygens (including phenoxy) is 1. The molecule has 5 atom stereocenters. The minimum atomic E-state index is -2.81. The van der Waals surface area contributed by atoms with Crippen LogP contribution in [0.5, 0.6) is 0 Å². The standard InChI is InChI=1S/C24H25Cl2F3N6O2/c1-23(11-37-10-20(23)36)34-3-2-13(16(27)9-34)14-5-17-12(4-15(14)25)7-30-22(32-17)33-18-8-31-35(21(18)26)19-6-24(19,28)29/h4-5,7-8,13,16,19-20,36H,2-3,6,9-11H2,1H3,(H,30,32,33)/t13-,16+,19?,20-,23+/m1/s1. The van der Waals surface area contributed by atoms with Crippen LogP contribution in [0.4, 0.5) is 24.8 Å². The number of fused-ring (bicyclic) bond motifs is 1. The first-order chi connectivity index (χ1) is 17.6. The lowest BCUT2D eigenvalue weighted by atomic mass is 9.84. The molecule has 2 saturated heterocycles. The SMILES string of the molecule is C[C@]1(N2CC[C@H](c3cc4nc(Nc5cnn(C6CC6(F)F)c5Cl)ncc4cc3Cl)[C@@H](F)C2)COC[C@H]1O. The van der Waals surface area contributed by atoms with E-state index in [1.807, 2.05) is 11.8 Å². The van der Waals surface area contributed by atoms with Crippen LogP contribution in [0.25, 0.3) is 10.9 Å². The molecule has 0 spiro atoms. The molecular formula is C24H25Cl2F3N6O2. The van der Waals surface area contributed by atoms with Gasteiger partial charge < -0.3 is 15.2 Å². The lowest BCUT2D eigenvalue weighted by Gasteiger charge is -2.45. The number of aliphatic hydroxyl groups is 1. The summed E-state index contributed by atoms with van der Waals surface area (Å²) in [5.41, 5.74) is 0.901. The molecule has 2 N–H and O–H groups in total. The fourth-order valence-electron chi connectivity index (χ4n) is 5.32. The summed E-state index contributed by atoms with van der Waals surface area (Å²) in [5, 5.41) is 18.4. The van der Waals surface area contributed by atoms with E-state index in [-0.39, 0.29) is 30.7 Å². The molecule has 13 heteroatoms. The van der Waals surface area contributed by atoms with Crippen LogP contribution in [-0.4, -0.2) is 79.8 Å². The largest absolute Gasteiger partial charge is 0.389 e. The lowest BCUT2D eigenvalue weighted by molar-refractivity contribution is -0.0238. The number of rotatable bonds is 5. The second-order valence-corrected chi connectivity index (χ2v) is 11.0. The van der Waals surface area contributed by atoms with Crippen LogP contribution in [0.2, 0.25) is 10.2 Å². The van der Waals surface area contributed by atoms with Crippen LogP contribution in [0.3, 0.4) is 0 Å². The van der Waals surface area contributed by atoms with Crippen LogP contribution < -0.4 is 5.32 Å². The molecular weight excluding hydrogens is 532 g/mol. The van der Waals surface area contributed by atoms with Gasteiger partial charge >= 0.3 is 0 Å². The third kappa shape index (κ3) is 4.34. The third-order valence-corrected chi connectivity index (χ3v) is 8.52. The molecule has 3 aromatic rings. The molecule has 6 rings (SSSR count). The molecule has 0 radical (unpaired) electrons. The van der Waals surface area contributed by atoms with Crippen molar-refractivity contribution in [3.8, 4) is 0 Å². The fourth-order valence-corrected chi connectivity index (χ4v) is 5.89. The maximum Gasteiger partial charge on any atom is 0.272 e. The van der Waals surface area contributed by atoms with Gasteiger partial charge in [0, 0.05) is 35.5 Å². The van der Waals surface area contributed by atoms with E-state index in [1.54, 1.807) is 18.3 Å². The Labute approximate surface area is 220 Å². The highest BCUT2D eigenvalue weighted by Crippen LogP contribution is 2.53. The average Bonchev–Trinajstić information content (AvgIpc) is 3.13. The van der Waals surface area contributed by atoms with Gasteiger partial charge in [0.05, 0.1) is 42.3 Å². The second kappa shape index (κ2) is 8.94. The number of nitrogens with one attached hydrogen (secondary N) is 1. The van der Waals surface area contributed by atoms with Gasteiger partial charge in [-0.15, -0.1) is 0 Å². The molecule has 2 aromatic heterocycles. The number of alkyl halides is 3. The van der Waals surface area contributed by atoms with Gasteiger partial charge in [-0.25, -0.2) is 27.8 Å². The van der Waals surface area contributed by atoms with Crippen molar-refractivity contribution < 1.29 is 23.0 Å². The molecule has 1 aliphatic carbocycles. The van der Waals surface area contributed by atoms with E-state index in [2.05, 4.69) is 20.4 Å². The number of piperidine rings is 1. The maximum atomic E-state index is 15.5. The zero-order chi connectivity index (χ0) is 26.1. The third-order valence-electron chi connectivity index (χ3n) is 7.82. The van der Waals surface area contributed by atoms with Crippen LogP contribution in [0.15, 0.2) is 24.5 Å². The van der Waals surface area contributed by atoms with Crippen molar-refractivity contribution in [2.24, 2.45) is 0 Å². The van der Waals surface area contributed by atoms with Crippen molar-refractivity contribution in [2.75, 3.05) is 31.6 Å². The Hall–Kier alpha value is -2.18. The van der Waals surface area contributed by atoms with Gasteiger partial charge in [0.1, 0.15) is 12.2 Å². The van der Waals surface area contributed by atoms with E-state index < -0.39 is 35.7 Å². The van der Waals surface area contributed by atoms with Crippen molar-refractivity contribution in [1.82, 2.24) is 24.6 Å². The van der Waals surface area contributed by atoms with Crippen LogP contribution in [-0.2, 0) is 4.74 Å². The van der Waals surface area contributed by atoms with Crippen molar-refractivity contribution >= 4 is 45.7 Å². The van der Waals surface area contributed by atoms with Gasteiger partial charge in [-0.1, -0.05) is 23.2 Å². The van der Waals surface area contributed by atoms with Crippen molar-refractivity contribution in [2.45, 2.75) is 55.5 Å². The number of likely N-dealkylation sites (tertiary alicyclic amines) is 1. The highest BCUT2D eigenvalue weighted by Gasteiger charge is 2.59. The molecule has 4 heterocycles. The molecule has 1 saturated carbocycles. The van der Waals surface area contributed by atoms with E-state index in [9.17, 15) is 13.9 Å². The van der Waals surface area contributed by atoms with E-state index in [0.717, 1.165) is 4.68 Å². The predicted molar refractivity (Wildman–Crippen MR) is 133 cm³/mol. The molecule has 3 fully saturated rings. The van der Waals surface area contributed by atoms with E-state index in [4.69, 9.17) is 27.9 Å². The number of nitrogens with zero attached hydrogens (tertiary/aromatic N) is 5. The number of aromatic nitrogens is 4. The van der Waals surface area contributed by atoms with Crippen LogP contribution in [0.1, 0.15) is 37.3 Å². The average molecular weight is 557 g/mol. The summed E-state index contributed by atoms with van der Waals surface area (Å²) in [5.74, 6) is -3.05. The summed E-state index contributed by atoms with van der Waals surface area (Å²) < 4.78 is 48.9. The van der Waals surface area contributed by atoms with Gasteiger partial charge in [-0.05, 0) is 37.6 Å². The number of benzene rings is 1. The van der Waals surface area contributed by atoms with Gasteiger partial charge in [-0.3, -0.25) is 4.90 Å². The number of aliphatic hydroxyl groups excluding tert-OH is 1. The molecule has 1 aromatic carbocycles. The molecule has 0 bridgehead atoms. The van der Waals surface area contributed by atoms with Gasteiger partial charge in [0.2, 0.25) is 5.95 Å². The quantitative estimate of drug-likeness (QED) is 0.469. The van der Waals surface area contributed by atoms with E-state index in [1.165, 1.54) is 6.20 Å². The number of halogens is 5. The normalized spacial score (nSPS) is 31.6. The van der Waals surface area contributed by atoms with E-state index >= 15 is 4.39 Å². The second-order valence-electron chi connectivity index (χ2n) is 10.3. The summed E-state index contributed by atoms with van der Waals surface area (Å²) in [7, 11) is 0. The van der Waals surface area contributed by atoms with Crippen molar-refractivity contribution in [1.29, 1.82) is 0 Å². The first kappa shape index (κ1) is 25.1. The molecule has 0 amide bonds. The molecule has 3 aliphatic rings. The zero-order valence-electron chi connectivity index (χ0n) is 19.8. The highest BCUT2D eigenvalue weighted by atomic mass is 35.5. The Kier molecular flexibility index (Phi) is 6.07. The first-order valence-corrected chi connectivity index (χ1v) is 12.8. The summed E-state index contributed by atoms with van der Waals surface area (Å²) in [4.78, 5) is 10.8. The van der Waals surface area contributed by atoms with E-state index in [0.29, 0.717) is 46.7 Å². The lowest BCUT2D eigenvalue weighted by Crippen LogP contribution is -2.58. The first-order valence-electron chi connectivity index (χ1n) is 12.1. The number of anilines is 2. The Bertz CT molecular complexity index is 1360. The number of hydrogen-bond acceptors (Lipinski definition) is 7. The summed E-state index contributed by atoms with van der Waals surface area (Å²) in [6, 6.07) is 2.43. The zero-order valence-corrected chi connectivity index (χ0v) is 21.4. The summed E-state index contributed by atoms with van der Waals surface area (Å²) in [6.07, 6.45) is 1.29. The summed E-state index contributed by atoms with van der Waals surface area (Å²) >= 11 is 12.8. The minimum absolute atomic E-state index is 0.0428. The van der Waals surface area contributed by atoms with Gasteiger partial charge in [0.15, 0.2) is 5.15 Å². The Balaban J connectivity index is 1.23. The Morgan fingerprint density at radius 2 is 2.03 bits per heavy atom.